The van der Waals surface area contributed by atoms with Crippen LogP contribution in [0.4, 0.5) is 0 Å². The summed E-state index contributed by atoms with van der Waals surface area (Å²) in [6, 6.07) is 7.07. The molecular weight excluding hydrogens is 338 g/mol. The van der Waals surface area contributed by atoms with Gasteiger partial charge in [-0.2, -0.15) is 0 Å². The van der Waals surface area contributed by atoms with E-state index in [0.717, 1.165) is 17.3 Å². The summed E-state index contributed by atoms with van der Waals surface area (Å²) in [4.78, 5) is 34.7. The van der Waals surface area contributed by atoms with Gasteiger partial charge in [0.2, 0.25) is 11.8 Å². The zero-order chi connectivity index (χ0) is 15.2. The van der Waals surface area contributed by atoms with Crippen LogP contribution in [0.2, 0.25) is 0 Å². The molecule has 1 aliphatic carbocycles. The van der Waals surface area contributed by atoms with E-state index in [0.29, 0.717) is 5.56 Å². The fourth-order valence-electron chi connectivity index (χ4n) is 1.61. The van der Waals surface area contributed by atoms with E-state index >= 15 is 0 Å². The third kappa shape index (κ3) is 5.55. The molecule has 7 heteroatoms. The zero-order valence-corrected chi connectivity index (χ0v) is 12.9. The number of amides is 3. The quantitative estimate of drug-likeness (QED) is 0.698. The van der Waals surface area contributed by atoms with Gasteiger partial charge in [-0.1, -0.05) is 15.9 Å². The van der Waals surface area contributed by atoms with Gasteiger partial charge >= 0.3 is 0 Å². The van der Waals surface area contributed by atoms with Crippen LogP contribution in [0.5, 0.6) is 0 Å². The average Bonchev–Trinajstić information content (AvgIpc) is 3.27. The molecule has 0 atom stereocenters. The molecular formula is C14H16BrN3O3. The lowest BCUT2D eigenvalue weighted by molar-refractivity contribution is -0.125. The lowest BCUT2D eigenvalue weighted by Crippen LogP contribution is -2.42. The monoisotopic (exact) mass is 353 g/mol. The second kappa shape index (κ2) is 7.21. The minimum atomic E-state index is -0.397. The van der Waals surface area contributed by atoms with Crippen molar-refractivity contribution in [3.8, 4) is 0 Å². The van der Waals surface area contributed by atoms with Crippen molar-refractivity contribution in [3.63, 3.8) is 0 Å². The Morgan fingerprint density at radius 1 is 1.00 bits per heavy atom. The SMILES string of the molecule is O=C(CNC(=O)c1ccc(Br)cc1)NCC(=O)NC1CC1. The summed E-state index contributed by atoms with van der Waals surface area (Å²) >= 11 is 3.28. The largest absolute Gasteiger partial charge is 0.352 e. The van der Waals surface area contributed by atoms with Crippen molar-refractivity contribution in [1.82, 2.24) is 16.0 Å². The molecule has 0 unspecified atom stereocenters. The topological polar surface area (TPSA) is 87.3 Å². The predicted molar refractivity (Wildman–Crippen MR) is 80.6 cm³/mol. The molecule has 21 heavy (non-hydrogen) atoms. The van der Waals surface area contributed by atoms with Crippen molar-refractivity contribution < 1.29 is 14.4 Å². The lowest BCUT2D eigenvalue weighted by Gasteiger charge is -2.07. The Labute approximate surface area is 130 Å². The van der Waals surface area contributed by atoms with Crippen LogP contribution in [-0.4, -0.2) is 36.9 Å². The molecule has 0 heterocycles. The fourth-order valence-corrected chi connectivity index (χ4v) is 1.88. The number of halogens is 1. The Bertz CT molecular complexity index is 541. The predicted octanol–water partition coefficient (Wildman–Crippen LogP) is 0.574. The number of carbonyl (C=O) groups is 3. The van der Waals surface area contributed by atoms with Crippen molar-refractivity contribution >= 4 is 33.7 Å². The van der Waals surface area contributed by atoms with Crippen LogP contribution < -0.4 is 16.0 Å². The van der Waals surface area contributed by atoms with Gasteiger partial charge in [0, 0.05) is 16.1 Å². The molecule has 112 valence electrons. The summed E-state index contributed by atoms with van der Waals surface area (Å²) < 4.78 is 0.874. The van der Waals surface area contributed by atoms with E-state index in [4.69, 9.17) is 0 Å². The van der Waals surface area contributed by atoms with E-state index in [1.54, 1.807) is 24.3 Å². The first-order valence-electron chi connectivity index (χ1n) is 6.64. The van der Waals surface area contributed by atoms with Gasteiger partial charge in [0.1, 0.15) is 0 Å². The van der Waals surface area contributed by atoms with Crippen LogP contribution in [0, 0.1) is 0 Å². The molecule has 3 amide bonds. The number of benzene rings is 1. The van der Waals surface area contributed by atoms with Gasteiger partial charge in [0.15, 0.2) is 0 Å². The first-order chi connectivity index (χ1) is 10.0. The number of rotatable bonds is 6. The number of nitrogens with one attached hydrogen (secondary N) is 3. The van der Waals surface area contributed by atoms with Gasteiger partial charge in [-0.25, -0.2) is 0 Å². The molecule has 0 aliphatic heterocycles. The van der Waals surface area contributed by atoms with Crippen molar-refractivity contribution in [1.29, 1.82) is 0 Å². The van der Waals surface area contributed by atoms with Crippen molar-refractivity contribution in [2.75, 3.05) is 13.1 Å². The molecule has 0 radical (unpaired) electrons. The van der Waals surface area contributed by atoms with Crippen LogP contribution in [0.1, 0.15) is 23.2 Å². The van der Waals surface area contributed by atoms with E-state index in [2.05, 4.69) is 31.9 Å². The number of hydrogen-bond acceptors (Lipinski definition) is 3. The number of carbonyl (C=O) groups excluding carboxylic acids is 3. The number of hydrogen-bond donors (Lipinski definition) is 3. The highest BCUT2D eigenvalue weighted by molar-refractivity contribution is 9.10. The van der Waals surface area contributed by atoms with Crippen LogP contribution in [0.3, 0.4) is 0 Å². The van der Waals surface area contributed by atoms with Gasteiger partial charge in [-0.3, -0.25) is 14.4 Å². The van der Waals surface area contributed by atoms with Crippen LogP contribution in [0.25, 0.3) is 0 Å². The summed E-state index contributed by atoms with van der Waals surface area (Å²) in [5.41, 5.74) is 0.470. The molecule has 1 fully saturated rings. The summed E-state index contributed by atoms with van der Waals surface area (Å²) in [5, 5.41) is 7.72. The minimum absolute atomic E-state index is 0.0660. The van der Waals surface area contributed by atoms with E-state index in [1.807, 2.05) is 0 Å². The van der Waals surface area contributed by atoms with Gasteiger partial charge in [-0.15, -0.1) is 0 Å². The maximum Gasteiger partial charge on any atom is 0.251 e. The summed E-state index contributed by atoms with van der Waals surface area (Å²) in [6.07, 6.45) is 2.01. The van der Waals surface area contributed by atoms with Crippen LogP contribution in [-0.2, 0) is 9.59 Å². The van der Waals surface area contributed by atoms with Crippen molar-refractivity contribution in [2.45, 2.75) is 18.9 Å². The zero-order valence-electron chi connectivity index (χ0n) is 11.3. The first kappa shape index (κ1) is 15.5. The molecule has 0 aromatic heterocycles. The normalized spacial score (nSPS) is 13.4. The highest BCUT2D eigenvalue weighted by atomic mass is 79.9. The molecule has 0 saturated heterocycles. The van der Waals surface area contributed by atoms with E-state index in [-0.39, 0.29) is 30.9 Å². The Morgan fingerprint density at radius 3 is 2.24 bits per heavy atom. The molecule has 1 saturated carbocycles. The summed E-state index contributed by atoms with van der Waals surface area (Å²) in [5.74, 6) is -0.934. The fraction of sp³-hybridized carbons (Fsp3) is 0.357. The average molecular weight is 354 g/mol. The third-order valence-electron chi connectivity index (χ3n) is 2.90. The second-order valence-electron chi connectivity index (χ2n) is 4.81. The first-order valence-corrected chi connectivity index (χ1v) is 7.44. The molecule has 0 spiro atoms. The molecule has 1 aliphatic rings. The smallest absolute Gasteiger partial charge is 0.251 e. The van der Waals surface area contributed by atoms with Crippen molar-refractivity contribution in [2.24, 2.45) is 0 Å². The maximum absolute atomic E-state index is 11.8. The van der Waals surface area contributed by atoms with Gasteiger partial charge in [-0.05, 0) is 37.1 Å². The Balaban J connectivity index is 1.66. The highest BCUT2D eigenvalue weighted by Gasteiger charge is 2.23. The molecule has 6 nitrogen and oxygen atoms in total. The third-order valence-corrected chi connectivity index (χ3v) is 3.43. The summed E-state index contributed by atoms with van der Waals surface area (Å²) in [6.45, 7) is -0.227. The van der Waals surface area contributed by atoms with E-state index in [9.17, 15) is 14.4 Å². The minimum Gasteiger partial charge on any atom is -0.352 e. The van der Waals surface area contributed by atoms with E-state index in [1.165, 1.54) is 0 Å². The lowest BCUT2D eigenvalue weighted by atomic mass is 10.2. The second-order valence-corrected chi connectivity index (χ2v) is 5.72. The highest BCUT2D eigenvalue weighted by Crippen LogP contribution is 2.18. The Hall–Kier alpha value is -1.89. The molecule has 1 aromatic carbocycles. The molecule has 3 N–H and O–H groups in total. The molecule has 1 aromatic rings. The standard InChI is InChI=1S/C14H16BrN3O3/c15-10-3-1-9(2-4-10)14(21)17-7-12(19)16-8-13(20)18-11-5-6-11/h1-4,11H,5-8H2,(H,16,19)(H,17,21)(H,18,20). The molecule has 0 bridgehead atoms. The Kier molecular flexibility index (Phi) is 5.32. The summed E-state index contributed by atoms with van der Waals surface area (Å²) in [7, 11) is 0. The van der Waals surface area contributed by atoms with Gasteiger partial charge in [0.05, 0.1) is 13.1 Å². The van der Waals surface area contributed by atoms with Crippen molar-refractivity contribution in [3.05, 3.63) is 34.3 Å². The van der Waals surface area contributed by atoms with Crippen LogP contribution in [0.15, 0.2) is 28.7 Å². The van der Waals surface area contributed by atoms with Crippen LogP contribution >= 0.6 is 15.9 Å². The van der Waals surface area contributed by atoms with Gasteiger partial charge < -0.3 is 16.0 Å². The van der Waals surface area contributed by atoms with Gasteiger partial charge in [0.25, 0.3) is 5.91 Å². The Morgan fingerprint density at radius 2 is 1.62 bits per heavy atom. The molecule has 2 rings (SSSR count). The van der Waals surface area contributed by atoms with E-state index < -0.39 is 5.91 Å². The maximum atomic E-state index is 11.8.